The van der Waals surface area contributed by atoms with Crippen LogP contribution in [0.1, 0.15) is 30.7 Å². The molecule has 0 bridgehead atoms. The van der Waals surface area contributed by atoms with Crippen LogP contribution in [-0.4, -0.2) is 29.9 Å². The topological polar surface area (TPSA) is 83.2 Å². The monoisotopic (exact) mass is 351 g/mol. The summed E-state index contributed by atoms with van der Waals surface area (Å²) in [5.74, 6) is 0. The Bertz CT molecular complexity index is 1070. The standard InChI is InChI=1S/C19H17N3O2S/c1-12-16-14(9-10-21-12)19(11-20)17(25(16,23)24)15(22-18(19,2)3)13-7-5-4-6-8-13/h4-10,17H,1-3H3. The van der Waals surface area contributed by atoms with Gasteiger partial charge in [0, 0.05) is 6.20 Å². The van der Waals surface area contributed by atoms with Gasteiger partial charge < -0.3 is 0 Å². The molecule has 2 aromatic rings. The Hall–Kier alpha value is -2.52. The Morgan fingerprint density at radius 3 is 2.48 bits per heavy atom. The number of rotatable bonds is 1. The van der Waals surface area contributed by atoms with E-state index in [1.54, 1.807) is 19.2 Å². The van der Waals surface area contributed by atoms with Crippen molar-refractivity contribution in [1.82, 2.24) is 4.98 Å². The lowest BCUT2D eigenvalue weighted by Crippen LogP contribution is -2.49. The van der Waals surface area contributed by atoms with Gasteiger partial charge in [0.25, 0.3) is 0 Å². The van der Waals surface area contributed by atoms with Crippen LogP contribution in [0.25, 0.3) is 0 Å². The first-order chi connectivity index (χ1) is 11.8. The molecule has 2 atom stereocenters. The van der Waals surface area contributed by atoms with Crippen LogP contribution in [0.5, 0.6) is 0 Å². The summed E-state index contributed by atoms with van der Waals surface area (Å²) >= 11 is 0. The van der Waals surface area contributed by atoms with E-state index in [0.717, 1.165) is 5.56 Å². The van der Waals surface area contributed by atoms with Gasteiger partial charge in [0.1, 0.15) is 10.7 Å². The summed E-state index contributed by atoms with van der Waals surface area (Å²) in [7, 11) is -3.77. The van der Waals surface area contributed by atoms with Gasteiger partial charge in [-0.2, -0.15) is 5.26 Å². The van der Waals surface area contributed by atoms with Gasteiger partial charge in [-0.05, 0) is 38.0 Å². The second kappa shape index (κ2) is 4.77. The normalized spacial score (nSPS) is 27.9. The van der Waals surface area contributed by atoms with Crippen LogP contribution >= 0.6 is 0 Å². The highest BCUT2D eigenvalue weighted by molar-refractivity contribution is 7.93. The SMILES string of the molecule is Cc1nccc2c1S(=O)(=O)C1C(c3ccccc3)=NC(C)(C)C21C#N. The molecule has 0 saturated heterocycles. The van der Waals surface area contributed by atoms with Crippen molar-refractivity contribution in [1.29, 1.82) is 5.26 Å². The van der Waals surface area contributed by atoms with Gasteiger partial charge in [0.05, 0.1) is 27.9 Å². The van der Waals surface area contributed by atoms with Crippen LogP contribution in [0.4, 0.5) is 0 Å². The van der Waals surface area contributed by atoms with E-state index in [4.69, 9.17) is 4.99 Å². The summed E-state index contributed by atoms with van der Waals surface area (Å²) in [4.78, 5) is 9.09. The average Bonchev–Trinajstić information content (AvgIpc) is 2.95. The fourth-order valence-electron chi connectivity index (χ4n) is 4.25. The third-order valence-corrected chi connectivity index (χ3v) is 7.64. The summed E-state index contributed by atoms with van der Waals surface area (Å²) in [6.45, 7) is 5.34. The Kier molecular flexibility index (Phi) is 3.05. The fourth-order valence-corrected chi connectivity index (χ4v) is 6.90. The van der Waals surface area contributed by atoms with E-state index in [-0.39, 0.29) is 4.90 Å². The molecule has 126 valence electrons. The summed E-state index contributed by atoms with van der Waals surface area (Å²) in [5.41, 5.74) is 0.0309. The number of pyridine rings is 1. The highest BCUT2D eigenvalue weighted by Gasteiger charge is 2.69. The summed E-state index contributed by atoms with van der Waals surface area (Å²) in [5, 5.41) is 9.18. The average molecular weight is 351 g/mol. The predicted octanol–water partition coefficient (Wildman–Crippen LogP) is 2.59. The molecule has 3 heterocycles. The smallest absolute Gasteiger partial charge is 0.191 e. The van der Waals surface area contributed by atoms with Crippen molar-refractivity contribution < 1.29 is 8.42 Å². The molecule has 6 heteroatoms. The van der Waals surface area contributed by atoms with Gasteiger partial charge in [-0.25, -0.2) is 8.42 Å². The Morgan fingerprint density at radius 1 is 1.16 bits per heavy atom. The zero-order valence-electron chi connectivity index (χ0n) is 14.2. The molecule has 0 amide bonds. The van der Waals surface area contributed by atoms with E-state index >= 15 is 0 Å². The van der Waals surface area contributed by atoms with Crippen LogP contribution in [0.2, 0.25) is 0 Å². The maximum atomic E-state index is 13.5. The van der Waals surface area contributed by atoms with Crippen molar-refractivity contribution in [3.8, 4) is 6.07 Å². The van der Waals surface area contributed by atoms with Gasteiger partial charge in [0.2, 0.25) is 0 Å². The first-order valence-electron chi connectivity index (χ1n) is 8.04. The maximum Gasteiger partial charge on any atom is 0.191 e. The number of hydrogen-bond donors (Lipinski definition) is 0. The summed E-state index contributed by atoms with van der Waals surface area (Å²) in [6, 6.07) is 13.2. The summed E-state index contributed by atoms with van der Waals surface area (Å²) in [6.07, 6.45) is 1.57. The first kappa shape index (κ1) is 16.0. The van der Waals surface area contributed by atoms with Crippen molar-refractivity contribution in [2.24, 2.45) is 4.99 Å². The number of aryl methyl sites for hydroxylation is 1. The lowest BCUT2D eigenvalue weighted by molar-refractivity contribution is 0.370. The second-order valence-electron chi connectivity index (χ2n) is 7.04. The van der Waals surface area contributed by atoms with Crippen molar-refractivity contribution in [3.05, 3.63) is 59.4 Å². The van der Waals surface area contributed by atoms with E-state index in [0.29, 0.717) is 17.0 Å². The van der Waals surface area contributed by atoms with Crippen LogP contribution in [0.3, 0.4) is 0 Å². The summed E-state index contributed by atoms with van der Waals surface area (Å²) < 4.78 is 26.9. The van der Waals surface area contributed by atoms with E-state index in [1.807, 2.05) is 44.2 Å². The van der Waals surface area contributed by atoms with Gasteiger partial charge in [-0.15, -0.1) is 0 Å². The molecule has 1 aromatic heterocycles. The second-order valence-corrected chi connectivity index (χ2v) is 9.01. The highest BCUT2D eigenvalue weighted by Crippen LogP contribution is 2.57. The zero-order chi connectivity index (χ0) is 18.0. The molecule has 1 aromatic carbocycles. The zero-order valence-corrected chi connectivity index (χ0v) is 15.0. The molecule has 2 unspecified atom stereocenters. The Balaban J connectivity index is 2.12. The number of benzene rings is 1. The molecule has 0 spiro atoms. The fraction of sp³-hybridized carbons (Fsp3) is 0.316. The van der Waals surface area contributed by atoms with E-state index < -0.39 is 26.0 Å². The highest BCUT2D eigenvalue weighted by atomic mass is 32.2. The number of aromatic nitrogens is 1. The molecule has 2 aliphatic heterocycles. The van der Waals surface area contributed by atoms with Gasteiger partial charge in [-0.3, -0.25) is 9.98 Å². The predicted molar refractivity (Wildman–Crippen MR) is 94.3 cm³/mol. The number of aliphatic imine (C=N–C) groups is 1. The quantitative estimate of drug-likeness (QED) is 0.790. The molecule has 0 saturated carbocycles. The minimum absolute atomic E-state index is 0.193. The Labute approximate surface area is 147 Å². The number of sulfone groups is 1. The minimum atomic E-state index is -3.77. The van der Waals surface area contributed by atoms with E-state index in [2.05, 4.69) is 11.1 Å². The van der Waals surface area contributed by atoms with Crippen molar-refractivity contribution in [2.75, 3.05) is 0 Å². The third-order valence-electron chi connectivity index (χ3n) is 5.35. The van der Waals surface area contributed by atoms with Gasteiger partial charge in [-0.1, -0.05) is 30.3 Å². The van der Waals surface area contributed by atoms with Crippen molar-refractivity contribution in [2.45, 2.75) is 41.9 Å². The van der Waals surface area contributed by atoms with Crippen LogP contribution in [-0.2, 0) is 15.3 Å². The lowest BCUT2D eigenvalue weighted by atomic mass is 9.67. The molecular weight excluding hydrogens is 334 g/mol. The van der Waals surface area contributed by atoms with Gasteiger partial charge >= 0.3 is 0 Å². The third kappa shape index (κ3) is 1.74. The van der Waals surface area contributed by atoms with Crippen LogP contribution < -0.4 is 0 Å². The maximum absolute atomic E-state index is 13.5. The number of fused-ring (bicyclic) bond motifs is 3. The molecule has 0 radical (unpaired) electrons. The van der Waals surface area contributed by atoms with Gasteiger partial charge in [0.15, 0.2) is 9.84 Å². The number of hydrogen-bond acceptors (Lipinski definition) is 5. The van der Waals surface area contributed by atoms with E-state index in [1.165, 1.54) is 0 Å². The van der Waals surface area contributed by atoms with Crippen LogP contribution in [0.15, 0.2) is 52.5 Å². The lowest BCUT2D eigenvalue weighted by Gasteiger charge is -2.33. The molecule has 0 fully saturated rings. The molecule has 0 aliphatic carbocycles. The molecule has 4 rings (SSSR count). The Morgan fingerprint density at radius 2 is 1.84 bits per heavy atom. The van der Waals surface area contributed by atoms with Crippen molar-refractivity contribution >= 4 is 15.5 Å². The molecule has 2 aliphatic rings. The molecular formula is C19H17N3O2S. The molecule has 0 N–H and O–H groups in total. The van der Waals surface area contributed by atoms with Crippen LogP contribution in [0, 0.1) is 18.3 Å². The van der Waals surface area contributed by atoms with Crippen molar-refractivity contribution in [3.63, 3.8) is 0 Å². The minimum Gasteiger partial charge on any atom is -0.280 e. The molecule has 25 heavy (non-hydrogen) atoms. The number of nitrogens with zero attached hydrogens (tertiary/aromatic N) is 3. The molecule has 5 nitrogen and oxygen atoms in total. The first-order valence-corrected chi connectivity index (χ1v) is 9.58. The largest absolute Gasteiger partial charge is 0.280 e. The van der Waals surface area contributed by atoms with E-state index in [9.17, 15) is 13.7 Å². The number of nitriles is 1.